The number of alkyl halides is 3. The molecule has 0 saturated carbocycles. The minimum atomic E-state index is -4.92. The molecular formula is C15H22F3N3O2. The molecule has 1 aliphatic rings. The van der Waals surface area contributed by atoms with Crippen molar-refractivity contribution in [2.75, 3.05) is 18.5 Å². The molecule has 1 aromatic heterocycles. The Morgan fingerprint density at radius 3 is 2.48 bits per heavy atom. The molecule has 2 rings (SSSR count). The first-order valence-corrected chi connectivity index (χ1v) is 7.61. The van der Waals surface area contributed by atoms with Gasteiger partial charge in [-0.15, -0.1) is 0 Å². The second-order valence-electron chi connectivity index (χ2n) is 6.85. The van der Waals surface area contributed by atoms with Crippen LogP contribution < -0.4 is 5.32 Å². The van der Waals surface area contributed by atoms with Crippen molar-refractivity contribution in [1.29, 1.82) is 0 Å². The van der Waals surface area contributed by atoms with Crippen LogP contribution in [-0.2, 0) is 21.5 Å². The number of ether oxygens (including phenoxy) is 1. The van der Waals surface area contributed by atoms with Crippen LogP contribution in [0, 0.1) is 5.92 Å². The van der Waals surface area contributed by atoms with Crippen molar-refractivity contribution in [3.63, 3.8) is 0 Å². The lowest BCUT2D eigenvalue weighted by molar-refractivity contribution is -0.167. The molecule has 1 N–H and O–H groups in total. The maximum Gasteiger partial charge on any atom is 0.471 e. The van der Waals surface area contributed by atoms with Gasteiger partial charge in [-0.25, -0.2) is 4.68 Å². The Balaban J connectivity index is 2.23. The van der Waals surface area contributed by atoms with Crippen molar-refractivity contribution < 1.29 is 22.7 Å². The Morgan fingerprint density at radius 2 is 1.96 bits per heavy atom. The van der Waals surface area contributed by atoms with Crippen LogP contribution >= 0.6 is 0 Å². The molecule has 1 aliphatic heterocycles. The van der Waals surface area contributed by atoms with Gasteiger partial charge in [-0.2, -0.15) is 18.3 Å². The van der Waals surface area contributed by atoms with Crippen LogP contribution in [0.1, 0.15) is 39.3 Å². The highest BCUT2D eigenvalue weighted by Gasteiger charge is 2.39. The number of aromatic nitrogens is 2. The third-order valence-corrected chi connectivity index (χ3v) is 3.82. The van der Waals surface area contributed by atoms with Crippen LogP contribution in [-0.4, -0.2) is 35.1 Å². The summed E-state index contributed by atoms with van der Waals surface area (Å²) >= 11 is 0. The summed E-state index contributed by atoms with van der Waals surface area (Å²) in [6, 6.07) is 1.52. The summed E-state index contributed by atoms with van der Waals surface area (Å²) in [4.78, 5) is 11.2. The Hall–Kier alpha value is -1.57. The van der Waals surface area contributed by atoms with E-state index in [2.05, 4.69) is 5.10 Å². The fourth-order valence-corrected chi connectivity index (χ4v) is 2.38. The van der Waals surface area contributed by atoms with E-state index in [-0.39, 0.29) is 17.2 Å². The van der Waals surface area contributed by atoms with E-state index in [0.717, 1.165) is 12.8 Å². The number of nitrogens with zero attached hydrogens (tertiary/aromatic N) is 2. The predicted molar refractivity (Wildman–Crippen MR) is 79.2 cm³/mol. The van der Waals surface area contributed by atoms with Crippen LogP contribution in [0.15, 0.2) is 6.07 Å². The Labute approximate surface area is 133 Å². The molecule has 0 unspecified atom stereocenters. The van der Waals surface area contributed by atoms with Crippen molar-refractivity contribution in [3.05, 3.63) is 11.8 Å². The summed E-state index contributed by atoms with van der Waals surface area (Å²) in [7, 11) is 0. The molecule has 2 heterocycles. The zero-order valence-corrected chi connectivity index (χ0v) is 13.5. The molecule has 23 heavy (non-hydrogen) atoms. The Morgan fingerprint density at radius 1 is 1.35 bits per heavy atom. The largest absolute Gasteiger partial charge is 0.471 e. The average molecular weight is 333 g/mol. The number of nitrogens with one attached hydrogen (secondary N) is 1. The van der Waals surface area contributed by atoms with E-state index >= 15 is 0 Å². The van der Waals surface area contributed by atoms with Crippen molar-refractivity contribution >= 4 is 11.7 Å². The standard InChI is InChI=1S/C15H22F3N3O2/c1-14(2,3)11-8-12(19-13(22)15(16,17)18)21(20-11)9-10-4-6-23-7-5-10/h8,10H,4-7,9H2,1-3H3,(H,19,22). The molecule has 8 heteroatoms. The summed E-state index contributed by atoms with van der Waals surface area (Å²) in [6.07, 6.45) is -3.26. The van der Waals surface area contributed by atoms with E-state index in [4.69, 9.17) is 4.74 Å². The Kier molecular flexibility index (Phi) is 5.03. The predicted octanol–water partition coefficient (Wildman–Crippen LogP) is 3.11. The first kappa shape index (κ1) is 17.8. The highest BCUT2D eigenvalue weighted by atomic mass is 19.4. The van der Waals surface area contributed by atoms with Crippen molar-refractivity contribution in [1.82, 2.24) is 9.78 Å². The molecule has 130 valence electrons. The van der Waals surface area contributed by atoms with Gasteiger partial charge in [0.25, 0.3) is 0 Å². The zero-order valence-electron chi connectivity index (χ0n) is 13.5. The van der Waals surface area contributed by atoms with Crippen LogP contribution in [0.3, 0.4) is 0 Å². The fraction of sp³-hybridized carbons (Fsp3) is 0.733. The molecule has 0 spiro atoms. The lowest BCUT2D eigenvalue weighted by atomic mass is 9.92. The van der Waals surface area contributed by atoms with Gasteiger partial charge >= 0.3 is 12.1 Å². The molecule has 0 radical (unpaired) electrons. The number of carbonyl (C=O) groups excluding carboxylic acids is 1. The van der Waals surface area contributed by atoms with Crippen LogP contribution in [0.25, 0.3) is 0 Å². The minimum Gasteiger partial charge on any atom is -0.381 e. The second kappa shape index (κ2) is 6.51. The normalized spacial score (nSPS) is 17.3. The third-order valence-electron chi connectivity index (χ3n) is 3.82. The van der Waals surface area contributed by atoms with Crippen LogP contribution in [0.2, 0.25) is 0 Å². The van der Waals surface area contributed by atoms with Crippen molar-refractivity contribution in [3.8, 4) is 0 Å². The molecule has 1 aromatic rings. The van der Waals surface area contributed by atoms with Gasteiger partial charge in [0.2, 0.25) is 0 Å². The van der Waals surface area contributed by atoms with E-state index in [1.54, 1.807) is 0 Å². The van der Waals surface area contributed by atoms with Gasteiger partial charge in [-0.1, -0.05) is 20.8 Å². The van der Waals surface area contributed by atoms with Gasteiger partial charge in [-0.3, -0.25) is 4.79 Å². The van der Waals surface area contributed by atoms with E-state index in [1.807, 2.05) is 26.1 Å². The molecule has 5 nitrogen and oxygen atoms in total. The van der Waals surface area contributed by atoms with Crippen LogP contribution in [0.4, 0.5) is 19.0 Å². The number of rotatable bonds is 3. The summed E-state index contributed by atoms with van der Waals surface area (Å²) in [5, 5.41) is 6.34. The fourth-order valence-electron chi connectivity index (χ4n) is 2.38. The highest BCUT2D eigenvalue weighted by molar-refractivity contribution is 5.94. The quantitative estimate of drug-likeness (QED) is 0.925. The molecular weight excluding hydrogens is 311 g/mol. The van der Waals surface area contributed by atoms with E-state index < -0.39 is 12.1 Å². The molecule has 0 atom stereocenters. The number of hydrogen-bond acceptors (Lipinski definition) is 3. The summed E-state index contributed by atoms with van der Waals surface area (Å²) in [5.41, 5.74) is 0.320. The number of anilines is 1. The van der Waals surface area contributed by atoms with E-state index in [9.17, 15) is 18.0 Å². The first-order valence-electron chi connectivity index (χ1n) is 7.61. The molecule has 0 aromatic carbocycles. The van der Waals surface area contributed by atoms with Gasteiger partial charge in [0.15, 0.2) is 0 Å². The van der Waals surface area contributed by atoms with Gasteiger partial charge in [-0.05, 0) is 18.8 Å². The van der Waals surface area contributed by atoms with Gasteiger partial charge in [0.1, 0.15) is 5.82 Å². The van der Waals surface area contributed by atoms with Crippen molar-refractivity contribution in [2.45, 2.75) is 51.7 Å². The average Bonchev–Trinajstić information content (AvgIpc) is 2.82. The highest BCUT2D eigenvalue weighted by Crippen LogP contribution is 2.27. The van der Waals surface area contributed by atoms with E-state index in [1.165, 1.54) is 10.7 Å². The lowest BCUT2D eigenvalue weighted by Gasteiger charge is -2.23. The topological polar surface area (TPSA) is 56.2 Å². The number of amides is 1. The van der Waals surface area contributed by atoms with Gasteiger partial charge in [0.05, 0.1) is 5.69 Å². The third kappa shape index (κ3) is 4.70. The molecule has 1 saturated heterocycles. The van der Waals surface area contributed by atoms with Crippen LogP contribution in [0.5, 0.6) is 0 Å². The van der Waals surface area contributed by atoms with Gasteiger partial charge in [0, 0.05) is 31.2 Å². The van der Waals surface area contributed by atoms with E-state index in [0.29, 0.717) is 25.5 Å². The molecule has 1 fully saturated rings. The minimum absolute atomic E-state index is 0.0868. The molecule has 0 aliphatic carbocycles. The number of hydrogen-bond donors (Lipinski definition) is 1. The summed E-state index contributed by atoms with van der Waals surface area (Å²) < 4.78 is 44.3. The molecule has 0 bridgehead atoms. The monoisotopic (exact) mass is 333 g/mol. The second-order valence-corrected chi connectivity index (χ2v) is 6.85. The Bertz CT molecular complexity index is 555. The number of halogens is 3. The summed E-state index contributed by atoms with van der Waals surface area (Å²) in [6.45, 7) is 7.51. The molecule has 1 amide bonds. The SMILES string of the molecule is CC(C)(C)c1cc(NC(=O)C(F)(F)F)n(CC2CCOCC2)n1. The summed E-state index contributed by atoms with van der Waals surface area (Å²) in [5.74, 6) is -1.62. The maximum absolute atomic E-state index is 12.5. The maximum atomic E-state index is 12.5. The lowest BCUT2D eigenvalue weighted by Crippen LogP contribution is -2.31. The van der Waals surface area contributed by atoms with Gasteiger partial charge < -0.3 is 10.1 Å². The first-order chi connectivity index (χ1) is 10.6. The smallest absolute Gasteiger partial charge is 0.381 e. The number of carbonyl (C=O) groups is 1. The zero-order chi connectivity index (χ0) is 17.3. The van der Waals surface area contributed by atoms with Crippen molar-refractivity contribution in [2.24, 2.45) is 5.92 Å².